The largest absolute Gasteiger partial charge is 0.328 e. The smallest absolute Gasteiger partial charge is 0 e. The fraction of sp³-hybridized carbons (Fsp3) is 0.741. The Morgan fingerprint density at radius 3 is 1.04 bits per heavy atom. The van der Waals surface area contributed by atoms with Gasteiger partial charge in [-0.3, -0.25) is 0 Å². The van der Waals surface area contributed by atoms with E-state index in [0.29, 0.717) is 0 Å². The second kappa shape index (κ2) is 30.7. The third-order valence-electron chi connectivity index (χ3n) is 15.7. The molecule has 0 saturated heterocycles. The second-order valence-corrected chi connectivity index (χ2v) is 19.1. The number of hydrogen-bond acceptors (Lipinski definition) is 0. The van der Waals surface area contributed by atoms with Gasteiger partial charge in [-0.2, -0.15) is 61.6 Å². The summed E-state index contributed by atoms with van der Waals surface area (Å²) in [4.78, 5) is 0. The summed E-state index contributed by atoms with van der Waals surface area (Å²) in [5.74, 6) is 10.2. The van der Waals surface area contributed by atoms with Crippen LogP contribution in [0.15, 0.2) is 60.7 Å². The molecule has 0 aromatic heterocycles. The summed E-state index contributed by atoms with van der Waals surface area (Å²) in [7, 11) is 0. The van der Waals surface area contributed by atoms with Crippen LogP contribution >= 0.6 is 0 Å². The van der Waals surface area contributed by atoms with Crippen LogP contribution in [-0.2, 0) is 40.8 Å². The molecule has 2 radical (unpaired) electrons. The molecule has 6 aliphatic carbocycles. The van der Waals surface area contributed by atoms with E-state index in [1.54, 1.807) is 5.56 Å². The molecular formula is C54H97Re2Rf-3. The first-order valence-corrected chi connectivity index (χ1v) is 24.1. The predicted molar refractivity (Wildman–Crippen MR) is 250 cm³/mol. The minimum atomic E-state index is 0. The van der Waals surface area contributed by atoms with E-state index in [2.05, 4.69) is 100 Å². The SMILES string of the molecule is C/C=C/CC1CCC(C2CCC(c3cc[c-]cc3)CC2)CC1.C/C=C/CC1CCC(C2CC[CH-]CC2)CC1.C/C=C/CC1CCC(C2CC[CH-]CC2)CC1.[HH].[HH].[HH].[HH].[HH].[HH].[Re].[Re].[Rf]. The summed E-state index contributed by atoms with van der Waals surface area (Å²) in [6, 6.07) is 11.9. The summed E-state index contributed by atoms with van der Waals surface area (Å²) in [6.07, 6.45) is 58.0. The van der Waals surface area contributed by atoms with Gasteiger partial charge in [0.05, 0.1) is 0 Å². The summed E-state index contributed by atoms with van der Waals surface area (Å²) >= 11 is 0. The molecule has 0 nitrogen and oxygen atoms in total. The zero-order valence-corrected chi connectivity index (χ0v) is 49.1. The molecule has 1 aromatic carbocycles. The summed E-state index contributed by atoms with van der Waals surface area (Å²) in [5.41, 5.74) is 1.55. The average molecular weight is 1390 g/mol. The molecule has 6 saturated carbocycles. The quantitative estimate of drug-likeness (QED) is 0.162. The van der Waals surface area contributed by atoms with Crippen LogP contribution in [0, 0.1) is 72.2 Å². The van der Waals surface area contributed by atoms with E-state index in [0.717, 1.165) is 59.2 Å². The van der Waals surface area contributed by atoms with Gasteiger partial charge < -0.3 is 12.8 Å². The fourth-order valence-electron chi connectivity index (χ4n) is 12.1. The molecular weight excluding hydrogens is 1290 g/mol. The molecule has 0 spiro atoms. The van der Waals surface area contributed by atoms with E-state index in [1.165, 1.54) is 173 Å². The Kier molecular flexibility index (Phi) is 28.0. The molecule has 0 bridgehead atoms. The molecule has 0 unspecified atom stereocenters. The summed E-state index contributed by atoms with van der Waals surface area (Å²) in [5, 5.41) is 0. The van der Waals surface area contributed by atoms with Crippen molar-refractivity contribution in [3.8, 4) is 0 Å². The van der Waals surface area contributed by atoms with Crippen LogP contribution in [0.3, 0.4) is 0 Å². The van der Waals surface area contributed by atoms with Crippen LogP contribution in [0.1, 0.15) is 214 Å². The van der Waals surface area contributed by atoms with Gasteiger partial charge in [0.2, 0.25) is 0 Å². The van der Waals surface area contributed by atoms with Gasteiger partial charge in [-0.15, -0.1) is 0 Å². The van der Waals surface area contributed by atoms with Crippen molar-refractivity contribution in [3.63, 3.8) is 0 Å². The van der Waals surface area contributed by atoms with Gasteiger partial charge in [0.15, 0.2) is 0 Å². The molecule has 0 heterocycles. The minimum Gasteiger partial charge on any atom is -0.328 e. The first-order valence-electron chi connectivity index (χ1n) is 24.1. The molecule has 7 rings (SSSR count). The van der Waals surface area contributed by atoms with E-state index in [1.807, 2.05) is 0 Å². The summed E-state index contributed by atoms with van der Waals surface area (Å²) < 4.78 is 0. The molecule has 0 aliphatic heterocycles. The Balaban J connectivity index is -0.000000253. The monoisotopic (exact) mass is 1390 g/mol. The zero-order chi connectivity index (χ0) is 37.6. The van der Waals surface area contributed by atoms with Gasteiger partial charge in [-0.1, -0.05) is 62.1 Å². The van der Waals surface area contributed by atoms with Gasteiger partial charge in [-0.05, 0) is 202 Å². The van der Waals surface area contributed by atoms with E-state index in [-0.39, 0.29) is 49.4 Å². The van der Waals surface area contributed by atoms with Crippen molar-refractivity contribution in [2.45, 2.75) is 200 Å². The Bertz CT molecular complexity index is 1130. The minimum absolute atomic E-state index is 0. The van der Waals surface area contributed by atoms with Crippen LogP contribution in [-0.4, -0.2) is 0 Å². The van der Waals surface area contributed by atoms with Crippen molar-refractivity contribution in [3.05, 3.63) is 85.2 Å². The first-order chi connectivity index (χ1) is 26.7. The van der Waals surface area contributed by atoms with Crippen molar-refractivity contribution < 1.29 is 49.4 Å². The van der Waals surface area contributed by atoms with Gasteiger partial charge in [0.25, 0.3) is 0 Å². The molecule has 6 fully saturated rings. The Labute approximate surface area is 385 Å². The average Bonchev–Trinajstić information content (AvgIpc) is 3.26. The Hall–Kier alpha value is -1.24. The molecule has 57 heavy (non-hydrogen) atoms. The predicted octanol–water partition coefficient (Wildman–Crippen LogP) is 18.3. The van der Waals surface area contributed by atoms with Crippen LogP contribution in [0.25, 0.3) is 0 Å². The Morgan fingerprint density at radius 1 is 0.456 bits per heavy atom. The van der Waals surface area contributed by atoms with Gasteiger partial charge in [0, 0.05) is 49.4 Å². The molecule has 332 valence electrons. The fourth-order valence-corrected chi connectivity index (χ4v) is 12.1. The zero-order valence-electron chi connectivity index (χ0n) is 37.3. The maximum absolute atomic E-state index is 3.15. The van der Waals surface area contributed by atoms with E-state index < -0.39 is 0 Å². The third-order valence-corrected chi connectivity index (χ3v) is 15.7. The van der Waals surface area contributed by atoms with E-state index >= 15 is 0 Å². The molecule has 0 N–H and O–H groups in total. The standard InChI is InChI=1S/C22H31.2C16H27.2Re.Rf.6H2/c1-2-3-7-18-10-12-20(13-11-18)22-16-14-21(15-17-22)19-8-5-4-6-9-19;2*1-2-3-7-14-10-12-16(13-11-14)15-8-5-4-6-9-15;;;;;;;;;/h2-3,5-6,8-9,18,20-22H,7,10-17H2,1H3;2*2-4,14-16H,5-13H2,1H3;;;;6*1H/q3*-1;;;;;;;;;/b3*3-2+;;;;;;;;;. The van der Waals surface area contributed by atoms with E-state index in [4.69, 9.17) is 0 Å². The van der Waals surface area contributed by atoms with Gasteiger partial charge in [0.1, 0.15) is 0 Å². The van der Waals surface area contributed by atoms with Crippen LogP contribution < -0.4 is 0 Å². The van der Waals surface area contributed by atoms with E-state index in [9.17, 15) is 0 Å². The van der Waals surface area contributed by atoms with Gasteiger partial charge >= 0.3 is 0 Å². The van der Waals surface area contributed by atoms with Crippen LogP contribution in [0.4, 0.5) is 0 Å². The summed E-state index contributed by atoms with van der Waals surface area (Å²) in [6.45, 7) is 6.43. The van der Waals surface area contributed by atoms with Crippen LogP contribution in [0.2, 0.25) is 0 Å². The number of hydrogen-bond donors (Lipinski definition) is 0. The Morgan fingerprint density at radius 2 is 0.737 bits per heavy atom. The van der Waals surface area contributed by atoms with Crippen molar-refractivity contribution in [2.24, 2.45) is 53.3 Å². The molecule has 3 heteroatoms. The van der Waals surface area contributed by atoms with Crippen molar-refractivity contribution >= 4 is 0 Å². The molecule has 0 amide bonds. The molecule has 6 aliphatic rings. The van der Waals surface area contributed by atoms with Gasteiger partial charge in [-0.25, -0.2) is 0 Å². The number of allylic oxidation sites excluding steroid dienone is 6. The van der Waals surface area contributed by atoms with Crippen LogP contribution in [0.5, 0.6) is 0 Å². The molecule has 0 atom stereocenters. The van der Waals surface area contributed by atoms with Crippen molar-refractivity contribution in [1.29, 1.82) is 0 Å². The normalized spacial score (nSPS) is 31.5. The maximum atomic E-state index is 3.15. The van der Waals surface area contributed by atoms with Crippen molar-refractivity contribution in [1.82, 2.24) is 0 Å². The van der Waals surface area contributed by atoms with Crippen molar-refractivity contribution in [2.75, 3.05) is 0 Å². The number of benzene rings is 1. The third kappa shape index (κ3) is 18.5. The topological polar surface area (TPSA) is 0 Å². The second-order valence-electron chi connectivity index (χ2n) is 19.1. The number of rotatable bonds is 10. The maximum Gasteiger partial charge on any atom is 0 e. The molecule has 1 aromatic rings. The first kappa shape index (κ1) is 51.9.